The van der Waals surface area contributed by atoms with Crippen LogP contribution in [0.15, 0.2) is 42.6 Å². The molecule has 0 atom stereocenters. The minimum absolute atomic E-state index is 0.0207. The van der Waals surface area contributed by atoms with E-state index in [2.05, 4.69) is 10.3 Å². The van der Waals surface area contributed by atoms with E-state index >= 15 is 0 Å². The van der Waals surface area contributed by atoms with Gasteiger partial charge in [0.1, 0.15) is 12.2 Å². The van der Waals surface area contributed by atoms with Gasteiger partial charge < -0.3 is 19.7 Å². The number of benzene rings is 1. The zero-order chi connectivity index (χ0) is 18.9. The fraction of sp³-hybridized carbons (Fsp3) is 0.316. The third-order valence-corrected chi connectivity index (χ3v) is 3.68. The van der Waals surface area contributed by atoms with E-state index < -0.39 is 0 Å². The number of carbonyl (C=O) groups is 2. The van der Waals surface area contributed by atoms with Crippen LogP contribution in [0.25, 0.3) is 0 Å². The minimum Gasteiger partial charge on any atom is -0.475 e. The maximum atomic E-state index is 12.6. The second-order valence-electron chi connectivity index (χ2n) is 5.73. The average molecular weight is 357 g/mol. The van der Waals surface area contributed by atoms with Crippen LogP contribution >= 0.6 is 0 Å². The normalized spacial score (nSPS) is 10.3. The molecule has 0 fully saturated rings. The van der Waals surface area contributed by atoms with Gasteiger partial charge in [-0.1, -0.05) is 12.1 Å². The summed E-state index contributed by atoms with van der Waals surface area (Å²) in [6.45, 7) is 2.69. The summed E-state index contributed by atoms with van der Waals surface area (Å²) in [5, 5.41) is 2.84. The van der Waals surface area contributed by atoms with E-state index in [0.717, 1.165) is 5.56 Å². The van der Waals surface area contributed by atoms with E-state index in [9.17, 15) is 9.59 Å². The highest BCUT2D eigenvalue weighted by molar-refractivity contribution is 6.05. The molecule has 0 bridgehead atoms. The van der Waals surface area contributed by atoms with Crippen LogP contribution in [0.4, 0.5) is 5.69 Å². The number of nitrogens with one attached hydrogen (secondary N) is 1. The number of pyridine rings is 1. The highest BCUT2D eigenvalue weighted by Gasteiger charge is 2.14. The molecule has 2 rings (SSSR count). The van der Waals surface area contributed by atoms with Gasteiger partial charge in [0, 0.05) is 39.5 Å². The van der Waals surface area contributed by atoms with Gasteiger partial charge in [0.15, 0.2) is 0 Å². The Labute approximate surface area is 152 Å². The van der Waals surface area contributed by atoms with E-state index in [4.69, 9.17) is 9.47 Å². The maximum Gasteiger partial charge on any atom is 0.261 e. The van der Waals surface area contributed by atoms with Crippen molar-refractivity contribution < 1.29 is 19.1 Å². The summed E-state index contributed by atoms with van der Waals surface area (Å²) in [5.41, 5.74) is 1.90. The lowest BCUT2D eigenvalue weighted by Crippen LogP contribution is -2.23. The van der Waals surface area contributed by atoms with Crippen molar-refractivity contribution in [1.82, 2.24) is 9.88 Å². The molecule has 1 aromatic carbocycles. The SMILES string of the molecule is COCCOc1ncccc1C(=O)Nc1cccc(CN(C)C(C)=O)c1. The molecular formula is C19H23N3O4. The van der Waals surface area contributed by atoms with Gasteiger partial charge in [-0.15, -0.1) is 0 Å². The predicted molar refractivity (Wildman–Crippen MR) is 98.2 cm³/mol. The number of methoxy groups -OCH3 is 1. The molecule has 1 aromatic heterocycles. The molecule has 0 aliphatic heterocycles. The Morgan fingerprint density at radius 1 is 1.19 bits per heavy atom. The molecule has 7 heteroatoms. The van der Waals surface area contributed by atoms with E-state index in [1.807, 2.05) is 18.2 Å². The number of hydrogen-bond donors (Lipinski definition) is 1. The zero-order valence-electron chi connectivity index (χ0n) is 15.2. The number of amides is 2. The van der Waals surface area contributed by atoms with E-state index in [1.165, 1.54) is 6.92 Å². The molecule has 0 saturated heterocycles. The number of ether oxygens (including phenoxy) is 2. The van der Waals surface area contributed by atoms with Crippen LogP contribution in [-0.2, 0) is 16.1 Å². The van der Waals surface area contributed by atoms with Crippen molar-refractivity contribution in [3.63, 3.8) is 0 Å². The Bertz CT molecular complexity index is 764. The van der Waals surface area contributed by atoms with E-state index in [-0.39, 0.29) is 17.7 Å². The number of anilines is 1. The van der Waals surface area contributed by atoms with Gasteiger partial charge in [-0.05, 0) is 29.8 Å². The third-order valence-electron chi connectivity index (χ3n) is 3.68. The highest BCUT2D eigenvalue weighted by Crippen LogP contribution is 2.18. The van der Waals surface area contributed by atoms with Crippen molar-refractivity contribution in [3.05, 3.63) is 53.7 Å². The molecule has 1 N–H and O–H groups in total. The fourth-order valence-corrected chi connectivity index (χ4v) is 2.23. The zero-order valence-corrected chi connectivity index (χ0v) is 15.2. The molecule has 7 nitrogen and oxygen atoms in total. The average Bonchev–Trinajstić information content (AvgIpc) is 2.62. The Balaban J connectivity index is 2.09. The lowest BCUT2D eigenvalue weighted by Gasteiger charge is -2.15. The van der Waals surface area contributed by atoms with E-state index in [1.54, 1.807) is 43.5 Å². The Morgan fingerprint density at radius 3 is 2.73 bits per heavy atom. The summed E-state index contributed by atoms with van der Waals surface area (Å²) < 4.78 is 10.4. The molecule has 2 amide bonds. The van der Waals surface area contributed by atoms with Crippen LogP contribution < -0.4 is 10.1 Å². The van der Waals surface area contributed by atoms with Gasteiger partial charge in [0.2, 0.25) is 11.8 Å². The molecule has 2 aromatic rings. The first-order valence-electron chi connectivity index (χ1n) is 8.20. The summed E-state index contributed by atoms with van der Waals surface area (Å²) in [7, 11) is 3.30. The summed E-state index contributed by atoms with van der Waals surface area (Å²) in [5.74, 6) is -0.0789. The summed E-state index contributed by atoms with van der Waals surface area (Å²) in [6, 6.07) is 10.7. The molecular weight excluding hydrogens is 334 g/mol. The van der Waals surface area contributed by atoms with Crippen molar-refractivity contribution in [1.29, 1.82) is 0 Å². The molecule has 138 valence electrons. The smallest absolute Gasteiger partial charge is 0.261 e. The summed E-state index contributed by atoms with van der Waals surface area (Å²) >= 11 is 0. The highest BCUT2D eigenvalue weighted by atomic mass is 16.5. The van der Waals surface area contributed by atoms with Crippen molar-refractivity contribution in [2.45, 2.75) is 13.5 Å². The van der Waals surface area contributed by atoms with Crippen molar-refractivity contribution in [2.24, 2.45) is 0 Å². The summed E-state index contributed by atoms with van der Waals surface area (Å²) in [6.07, 6.45) is 1.57. The lowest BCUT2D eigenvalue weighted by atomic mass is 10.1. The first-order valence-corrected chi connectivity index (χ1v) is 8.20. The quantitative estimate of drug-likeness (QED) is 0.734. The number of carbonyl (C=O) groups excluding carboxylic acids is 2. The summed E-state index contributed by atoms with van der Waals surface area (Å²) in [4.78, 5) is 29.7. The predicted octanol–water partition coefficient (Wildman–Crippen LogP) is 2.34. The molecule has 0 aliphatic carbocycles. The molecule has 0 saturated carbocycles. The Morgan fingerprint density at radius 2 is 2.00 bits per heavy atom. The van der Waals surface area contributed by atoms with Crippen LogP contribution in [0.1, 0.15) is 22.8 Å². The molecule has 0 aliphatic rings. The maximum absolute atomic E-state index is 12.6. The topological polar surface area (TPSA) is 80.8 Å². The fourth-order valence-electron chi connectivity index (χ4n) is 2.23. The first kappa shape index (κ1) is 19.4. The van der Waals surface area contributed by atoms with Crippen LogP contribution in [0.5, 0.6) is 5.88 Å². The second kappa shape index (κ2) is 9.53. The van der Waals surface area contributed by atoms with Crippen molar-refractivity contribution >= 4 is 17.5 Å². The van der Waals surface area contributed by atoms with Gasteiger partial charge in [0.05, 0.1) is 6.61 Å². The number of rotatable bonds is 8. The second-order valence-corrected chi connectivity index (χ2v) is 5.73. The lowest BCUT2D eigenvalue weighted by molar-refractivity contribution is -0.128. The van der Waals surface area contributed by atoms with Gasteiger partial charge >= 0.3 is 0 Å². The van der Waals surface area contributed by atoms with Gasteiger partial charge in [-0.25, -0.2) is 4.98 Å². The molecule has 0 unspecified atom stereocenters. The molecule has 1 heterocycles. The monoisotopic (exact) mass is 357 g/mol. The number of hydrogen-bond acceptors (Lipinski definition) is 5. The van der Waals surface area contributed by atoms with Crippen LogP contribution in [0.3, 0.4) is 0 Å². The number of aromatic nitrogens is 1. The molecule has 0 radical (unpaired) electrons. The van der Waals surface area contributed by atoms with Gasteiger partial charge in [-0.3, -0.25) is 9.59 Å². The Hall–Kier alpha value is -2.93. The van der Waals surface area contributed by atoms with Crippen LogP contribution in [0, 0.1) is 0 Å². The largest absolute Gasteiger partial charge is 0.475 e. The van der Waals surface area contributed by atoms with Gasteiger partial charge in [0.25, 0.3) is 5.91 Å². The molecule has 0 spiro atoms. The first-order chi connectivity index (χ1) is 12.5. The number of nitrogens with zero attached hydrogens (tertiary/aromatic N) is 2. The van der Waals surface area contributed by atoms with E-state index in [0.29, 0.717) is 31.0 Å². The minimum atomic E-state index is -0.317. The van der Waals surface area contributed by atoms with Crippen molar-refractivity contribution in [3.8, 4) is 5.88 Å². The van der Waals surface area contributed by atoms with Crippen LogP contribution in [0.2, 0.25) is 0 Å². The third kappa shape index (κ3) is 5.56. The van der Waals surface area contributed by atoms with Crippen molar-refractivity contribution in [2.75, 3.05) is 32.7 Å². The van der Waals surface area contributed by atoms with Gasteiger partial charge in [-0.2, -0.15) is 0 Å². The van der Waals surface area contributed by atoms with Crippen LogP contribution in [-0.4, -0.2) is 49.1 Å². The Kier molecular flexibility index (Phi) is 7.11. The molecule has 26 heavy (non-hydrogen) atoms. The standard InChI is InChI=1S/C19H23N3O4/c1-14(23)22(2)13-15-6-4-7-16(12-15)21-18(24)17-8-5-9-20-19(17)26-11-10-25-3/h4-9,12H,10-11,13H2,1-3H3,(H,21,24).